The Kier molecular flexibility index (Phi) is 6.11. The van der Waals surface area contributed by atoms with E-state index in [2.05, 4.69) is 40.7 Å². The first kappa shape index (κ1) is 20.5. The molecular weight excluding hydrogens is 416 g/mol. The summed E-state index contributed by atoms with van der Waals surface area (Å²) in [6.07, 6.45) is 4.33. The number of esters is 1. The topological polar surface area (TPSA) is 44.1 Å². The van der Waals surface area contributed by atoms with Crippen LogP contribution in [0.2, 0.25) is 5.02 Å². The van der Waals surface area contributed by atoms with Crippen LogP contribution in [0.4, 0.5) is 0 Å². The second kappa shape index (κ2) is 8.94. The molecule has 0 atom stereocenters. The first-order valence-corrected chi connectivity index (χ1v) is 10.8. The third-order valence-electron chi connectivity index (χ3n) is 4.83. The number of carbonyl (C=O) groups is 1. The van der Waals surface area contributed by atoms with E-state index in [0.29, 0.717) is 18.1 Å². The summed E-state index contributed by atoms with van der Waals surface area (Å²) in [4.78, 5) is 17.6. The zero-order valence-electron chi connectivity index (χ0n) is 16.8. The third kappa shape index (κ3) is 4.37. The summed E-state index contributed by atoms with van der Waals surface area (Å²) in [5.41, 5.74) is 4.33. The summed E-state index contributed by atoms with van der Waals surface area (Å²) in [6.45, 7) is 3.94. The average Bonchev–Trinajstić information content (AvgIpc) is 2.99. The molecule has 0 spiro atoms. The zero-order chi connectivity index (χ0) is 21.1. The Morgan fingerprint density at radius 1 is 1.17 bits per heavy atom. The molecule has 0 saturated heterocycles. The van der Waals surface area contributed by atoms with Crippen molar-refractivity contribution in [2.75, 3.05) is 6.61 Å². The van der Waals surface area contributed by atoms with Gasteiger partial charge in [0, 0.05) is 45.4 Å². The minimum Gasteiger partial charge on any atom is -0.466 e. The molecule has 0 aliphatic heterocycles. The van der Waals surface area contributed by atoms with Gasteiger partial charge in [-0.1, -0.05) is 41.6 Å². The molecule has 0 radical (unpaired) electrons. The van der Waals surface area contributed by atoms with Crippen LogP contribution in [0.25, 0.3) is 16.6 Å². The summed E-state index contributed by atoms with van der Waals surface area (Å²) < 4.78 is 7.27. The number of ether oxygens (including phenoxy) is 1. The van der Waals surface area contributed by atoms with Crippen molar-refractivity contribution in [2.45, 2.75) is 30.1 Å². The fourth-order valence-electron chi connectivity index (χ4n) is 3.50. The number of pyridine rings is 1. The normalized spacial score (nSPS) is 11.0. The van der Waals surface area contributed by atoms with Gasteiger partial charge in [-0.25, -0.2) is 0 Å². The van der Waals surface area contributed by atoms with Gasteiger partial charge in [-0.15, -0.1) is 0 Å². The fraction of sp³-hybridized carbons (Fsp3) is 0.167. The Hall–Kier alpha value is -2.76. The van der Waals surface area contributed by atoms with Crippen molar-refractivity contribution < 1.29 is 9.53 Å². The number of carbonyl (C=O) groups excluding carboxylic acids is 1. The predicted octanol–water partition coefficient (Wildman–Crippen LogP) is 6.24. The predicted molar refractivity (Wildman–Crippen MR) is 122 cm³/mol. The van der Waals surface area contributed by atoms with Gasteiger partial charge in [0.1, 0.15) is 0 Å². The molecule has 0 N–H and O–H groups in total. The molecule has 0 aliphatic carbocycles. The van der Waals surface area contributed by atoms with Gasteiger partial charge >= 0.3 is 5.97 Å². The molecule has 4 nitrogen and oxygen atoms in total. The second-order valence-electron chi connectivity index (χ2n) is 6.96. The maximum Gasteiger partial charge on any atom is 0.302 e. The number of nitrogens with zero attached hydrogens (tertiary/aromatic N) is 2. The highest BCUT2D eigenvalue weighted by molar-refractivity contribution is 7.99. The monoisotopic (exact) mass is 436 g/mol. The van der Waals surface area contributed by atoms with E-state index in [4.69, 9.17) is 16.3 Å². The summed E-state index contributed by atoms with van der Waals surface area (Å²) >= 11 is 8.05. The van der Waals surface area contributed by atoms with Gasteiger partial charge in [-0.3, -0.25) is 9.78 Å². The van der Waals surface area contributed by atoms with Gasteiger partial charge in [0.05, 0.1) is 24.0 Å². The van der Waals surface area contributed by atoms with Crippen LogP contribution in [0.15, 0.2) is 76.8 Å². The van der Waals surface area contributed by atoms with Gasteiger partial charge in [0.15, 0.2) is 0 Å². The van der Waals surface area contributed by atoms with E-state index in [1.807, 2.05) is 36.5 Å². The van der Waals surface area contributed by atoms with Crippen molar-refractivity contribution >= 4 is 40.2 Å². The van der Waals surface area contributed by atoms with Crippen LogP contribution in [-0.4, -0.2) is 22.1 Å². The van der Waals surface area contributed by atoms with Gasteiger partial charge in [-0.2, -0.15) is 0 Å². The van der Waals surface area contributed by atoms with Gasteiger partial charge in [0.25, 0.3) is 0 Å². The quantitative estimate of drug-likeness (QED) is 0.335. The number of aromatic nitrogens is 2. The molecule has 4 aromatic rings. The molecule has 6 heteroatoms. The summed E-state index contributed by atoms with van der Waals surface area (Å²) in [5, 5.41) is 1.85. The maximum atomic E-state index is 11.0. The van der Waals surface area contributed by atoms with Gasteiger partial charge < -0.3 is 9.30 Å². The molecule has 30 heavy (non-hydrogen) atoms. The van der Waals surface area contributed by atoms with Crippen LogP contribution in [0.5, 0.6) is 0 Å². The summed E-state index contributed by atoms with van der Waals surface area (Å²) in [5.74, 6) is -0.252. The second-order valence-corrected chi connectivity index (χ2v) is 8.48. The first-order chi connectivity index (χ1) is 14.5. The van der Waals surface area contributed by atoms with Crippen molar-refractivity contribution in [1.29, 1.82) is 0 Å². The van der Waals surface area contributed by atoms with Crippen LogP contribution in [0, 0.1) is 6.92 Å². The lowest BCUT2D eigenvalue weighted by Gasteiger charge is -2.09. The number of halogens is 1. The molecule has 2 aromatic carbocycles. The fourth-order valence-corrected chi connectivity index (χ4v) is 4.78. The Balaban J connectivity index is 1.72. The van der Waals surface area contributed by atoms with Crippen LogP contribution < -0.4 is 0 Å². The molecule has 152 valence electrons. The van der Waals surface area contributed by atoms with E-state index in [9.17, 15) is 4.79 Å². The lowest BCUT2D eigenvalue weighted by atomic mass is 10.2. The standard InChI is InChI=1S/C24H21ClN2O2S/c1-16-24(30-21-7-3-5-18(13-21)10-12-29-17(2)28)22-9-8-19(25)14-23(22)27(16)20-6-4-11-26-15-20/h3-9,11,13-15H,10,12H2,1-2H3. The lowest BCUT2D eigenvalue weighted by molar-refractivity contribution is -0.140. The SMILES string of the molecule is CC(=O)OCCc1cccc(Sc2c(C)n(-c3cccnc3)c3cc(Cl)ccc23)c1. The van der Waals surface area contributed by atoms with Crippen molar-refractivity contribution in [3.8, 4) is 5.69 Å². The Morgan fingerprint density at radius 2 is 2.03 bits per heavy atom. The molecule has 0 amide bonds. The van der Waals surface area contributed by atoms with Crippen molar-refractivity contribution in [3.05, 3.63) is 83.3 Å². The third-order valence-corrected chi connectivity index (χ3v) is 6.27. The van der Waals surface area contributed by atoms with Crippen molar-refractivity contribution in [1.82, 2.24) is 9.55 Å². The number of rotatable bonds is 6. The molecule has 0 unspecified atom stereocenters. The van der Waals surface area contributed by atoms with Crippen LogP contribution in [0.3, 0.4) is 0 Å². The first-order valence-electron chi connectivity index (χ1n) is 9.64. The summed E-state index contributed by atoms with van der Waals surface area (Å²) in [6, 6.07) is 18.3. The molecule has 0 saturated carbocycles. The van der Waals surface area contributed by atoms with Gasteiger partial charge in [0.2, 0.25) is 0 Å². The Labute approximate surface area is 184 Å². The van der Waals surface area contributed by atoms with Gasteiger partial charge in [-0.05, 0) is 48.9 Å². The highest BCUT2D eigenvalue weighted by Gasteiger charge is 2.17. The number of hydrogen-bond acceptors (Lipinski definition) is 4. The van der Waals surface area contributed by atoms with Crippen LogP contribution >= 0.6 is 23.4 Å². The molecular formula is C24H21ClN2O2S. The molecule has 2 heterocycles. The van der Waals surface area contributed by atoms with E-state index >= 15 is 0 Å². The molecule has 2 aromatic heterocycles. The Morgan fingerprint density at radius 3 is 2.80 bits per heavy atom. The van der Waals surface area contributed by atoms with E-state index < -0.39 is 0 Å². The average molecular weight is 437 g/mol. The molecule has 0 bridgehead atoms. The molecule has 4 rings (SSSR count). The summed E-state index contributed by atoms with van der Waals surface area (Å²) in [7, 11) is 0. The minimum absolute atomic E-state index is 0.252. The zero-order valence-corrected chi connectivity index (χ0v) is 18.3. The number of fused-ring (bicyclic) bond motifs is 1. The van der Waals surface area contributed by atoms with Crippen LogP contribution in [-0.2, 0) is 16.0 Å². The maximum absolute atomic E-state index is 11.0. The molecule has 0 fully saturated rings. The van der Waals surface area contributed by atoms with Crippen molar-refractivity contribution in [2.24, 2.45) is 0 Å². The highest BCUT2D eigenvalue weighted by Crippen LogP contribution is 2.40. The largest absolute Gasteiger partial charge is 0.466 e. The van der Waals surface area contributed by atoms with E-state index in [1.54, 1.807) is 18.0 Å². The minimum atomic E-state index is -0.252. The molecule has 0 aliphatic rings. The van der Waals surface area contributed by atoms with Crippen molar-refractivity contribution in [3.63, 3.8) is 0 Å². The Bertz CT molecular complexity index is 1200. The highest BCUT2D eigenvalue weighted by atomic mass is 35.5. The van der Waals surface area contributed by atoms with E-state index in [0.717, 1.165) is 32.7 Å². The van der Waals surface area contributed by atoms with Crippen LogP contribution in [0.1, 0.15) is 18.2 Å². The lowest BCUT2D eigenvalue weighted by Crippen LogP contribution is -2.03. The van der Waals surface area contributed by atoms with E-state index in [1.165, 1.54) is 11.8 Å². The smallest absolute Gasteiger partial charge is 0.302 e. The van der Waals surface area contributed by atoms with E-state index in [-0.39, 0.29) is 5.97 Å². The number of benzene rings is 2. The number of hydrogen-bond donors (Lipinski definition) is 0.